The molecule has 1 aliphatic carbocycles. The van der Waals surface area contributed by atoms with Gasteiger partial charge < -0.3 is 14.2 Å². The second-order valence-corrected chi connectivity index (χ2v) is 6.32. The molecule has 0 atom stereocenters. The standard InChI is InChI=1S/C24H25O4/c1-16-12-14-17(15-13-16)22(23-18(25-2)8-6-9-19(23)26-3)24-20(27-4)10-7-11-21(24)28-5/h6-15H,1-5H3/q+1. The lowest BCUT2D eigenvalue weighted by Crippen LogP contribution is -2.13. The van der Waals surface area contributed by atoms with Crippen LogP contribution in [0.5, 0.6) is 11.5 Å². The molecular weight excluding hydrogens is 352 g/mol. The van der Waals surface area contributed by atoms with Crippen LogP contribution in [0.15, 0.2) is 72.0 Å². The Morgan fingerprint density at radius 2 is 1.50 bits per heavy atom. The predicted molar refractivity (Wildman–Crippen MR) is 112 cm³/mol. The van der Waals surface area contributed by atoms with Gasteiger partial charge in [0.25, 0.3) is 7.11 Å². The number of methoxy groups -OCH3 is 3. The molecule has 0 bridgehead atoms. The number of rotatable bonds is 5. The third-order valence-electron chi connectivity index (χ3n) is 4.70. The molecule has 3 rings (SSSR count). The lowest BCUT2D eigenvalue weighted by atomic mass is 9.87. The number of ketones is 1. The monoisotopic (exact) mass is 377 g/mol. The smallest absolute Gasteiger partial charge is 0.354 e. The first-order chi connectivity index (χ1) is 13.6. The fraction of sp³-hybridized carbons (Fsp3) is 0.208. The highest BCUT2D eigenvalue weighted by Crippen LogP contribution is 2.42. The molecule has 4 heteroatoms. The quantitative estimate of drug-likeness (QED) is 0.562. The minimum absolute atomic E-state index is 0.711. The molecule has 0 spiro atoms. The van der Waals surface area contributed by atoms with Crippen molar-refractivity contribution in [1.82, 2.24) is 0 Å². The SMILES string of the molecule is COC1=CC=CC(=[O+]C)C1=C(c1ccc(C)cc1)c1c(OC)cccc1OC. The Morgan fingerprint density at radius 1 is 0.857 bits per heavy atom. The Labute approximate surface area is 166 Å². The van der Waals surface area contributed by atoms with Crippen LogP contribution in [-0.4, -0.2) is 34.2 Å². The highest BCUT2D eigenvalue weighted by molar-refractivity contribution is 6.16. The van der Waals surface area contributed by atoms with Crippen LogP contribution in [0.25, 0.3) is 5.57 Å². The van der Waals surface area contributed by atoms with Crippen molar-refractivity contribution in [2.75, 3.05) is 28.4 Å². The van der Waals surface area contributed by atoms with E-state index < -0.39 is 0 Å². The number of hydrogen-bond donors (Lipinski definition) is 0. The zero-order chi connectivity index (χ0) is 20.1. The van der Waals surface area contributed by atoms with E-state index in [2.05, 4.69) is 31.2 Å². The number of carbonyl (C=O) groups excluding carboxylic acids is 1. The first-order valence-corrected chi connectivity index (χ1v) is 9.01. The maximum absolute atomic E-state index is 5.70. The summed E-state index contributed by atoms with van der Waals surface area (Å²) in [5, 5.41) is 0. The Morgan fingerprint density at radius 3 is 2.04 bits per heavy atom. The zero-order valence-electron chi connectivity index (χ0n) is 16.9. The number of ether oxygens (including phenoxy) is 3. The molecule has 4 nitrogen and oxygen atoms in total. The first-order valence-electron chi connectivity index (χ1n) is 9.01. The summed E-state index contributed by atoms with van der Waals surface area (Å²) in [5.41, 5.74) is 4.81. The van der Waals surface area contributed by atoms with E-state index in [0.29, 0.717) is 23.0 Å². The highest BCUT2D eigenvalue weighted by atomic mass is 16.5. The molecule has 0 unspecified atom stereocenters. The molecule has 0 aliphatic heterocycles. The van der Waals surface area contributed by atoms with Gasteiger partial charge in [0, 0.05) is 11.6 Å². The third-order valence-corrected chi connectivity index (χ3v) is 4.70. The summed E-state index contributed by atoms with van der Waals surface area (Å²) < 4.78 is 22.8. The number of benzene rings is 2. The van der Waals surface area contributed by atoms with Gasteiger partial charge >= 0.3 is 5.78 Å². The van der Waals surface area contributed by atoms with Gasteiger partial charge in [-0.25, -0.2) is 0 Å². The molecule has 144 valence electrons. The summed E-state index contributed by atoms with van der Waals surface area (Å²) in [4.78, 5) is 0. The van der Waals surface area contributed by atoms with Gasteiger partial charge in [0.2, 0.25) is 0 Å². The summed E-state index contributed by atoms with van der Waals surface area (Å²) in [7, 11) is 6.63. The summed E-state index contributed by atoms with van der Waals surface area (Å²) in [6, 6.07) is 14.1. The Balaban J connectivity index is 2.46. The predicted octanol–water partition coefficient (Wildman–Crippen LogP) is 4.65. The number of aryl methyl sites for hydroxylation is 1. The maximum atomic E-state index is 5.70. The van der Waals surface area contributed by atoms with Crippen LogP contribution in [-0.2, 0) is 9.16 Å². The van der Waals surface area contributed by atoms with Crippen LogP contribution in [0.1, 0.15) is 16.7 Å². The normalized spacial score (nSPS) is 16.6. The summed E-state index contributed by atoms with van der Waals surface area (Å²) in [6.07, 6.45) is 5.76. The Kier molecular flexibility index (Phi) is 5.99. The molecule has 0 saturated carbocycles. The van der Waals surface area contributed by atoms with E-state index in [1.165, 1.54) is 5.56 Å². The average Bonchev–Trinajstić information content (AvgIpc) is 2.75. The second kappa shape index (κ2) is 8.61. The van der Waals surface area contributed by atoms with Crippen LogP contribution in [0.4, 0.5) is 0 Å². The van der Waals surface area contributed by atoms with Gasteiger partial charge in [-0.1, -0.05) is 35.9 Å². The molecule has 0 heterocycles. The van der Waals surface area contributed by atoms with Gasteiger partial charge in [-0.2, -0.15) is 0 Å². The van der Waals surface area contributed by atoms with E-state index in [-0.39, 0.29) is 0 Å². The van der Waals surface area contributed by atoms with E-state index in [1.807, 2.05) is 36.4 Å². The lowest BCUT2D eigenvalue weighted by molar-refractivity contribution is -0.418. The van der Waals surface area contributed by atoms with Crippen LogP contribution in [0, 0.1) is 6.92 Å². The van der Waals surface area contributed by atoms with E-state index in [1.54, 1.807) is 28.4 Å². The first kappa shape index (κ1) is 19.5. The third kappa shape index (κ3) is 3.58. The molecule has 28 heavy (non-hydrogen) atoms. The van der Waals surface area contributed by atoms with Crippen molar-refractivity contribution >= 4 is 11.4 Å². The van der Waals surface area contributed by atoms with Crippen molar-refractivity contribution in [3.05, 3.63) is 88.7 Å². The number of hydrogen-bond acceptors (Lipinski definition) is 3. The maximum Gasteiger partial charge on any atom is 0.354 e. The summed E-state index contributed by atoms with van der Waals surface area (Å²) >= 11 is 0. The zero-order valence-corrected chi connectivity index (χ0v) is 16.9. The van der Waals surface area contributed by atoms with Gasteiger partial charge in [0.1, 0.15) is 22.8 Å². The molecule has 1 aliphatic rings. The van der Waals surface area contributed by atoms with E-state index >= 15 is 0 Å². The van der Waals surface area contributed by atoms with Gasteiger partial charge in [0.15, 0.2) is 0 Å². The minimum atomic E-state index is 0.711. The van der Waals surface area contributed by atoms with Gasteiger partial charge in [-0.15, -0.1) is 0 Å². The van der Waals surface area contributed by atoms with Crippen molar-refractivity contribution < 1.29 is 18.6 Å². The molecule has 2 aromatic carbocycles. The number of allylic oxidation sites excluding steroid dienone is 4. The van der Waals surface area contributed by atoms with Crippen LogP contribution in [0.3, 0.4) is 0 Å². The molecule has 0 amide bonds. The van der Waals surface area contributed by atoms with Crippen molar-refractivity contribution in [1.29, 1.82) is 0 Å². The molecule has 0 N–H and O–H groups in total. The van der Waals surface area contributed by atoms with E-state index in [4.69, 9.17) is 18.6 Å². The summed E-state index contributed by atoms with van der Waals surface area (Å²) in [6.45, 7) is 2.07. The topological polar surface area (TPSA) is 39.0 Å². The largest absolute Gasteiger partial charge is 0.496 e. The van der Waals surface area contributed by atoms with Gasteiger partial charge in [-0.3, -0.25) is 4.42 Å². The molecule has 0 saturated heterocycles. The highest BCUT2D eigenvalue weighted by Gasteiger charge is 2.31. The van der Waals surface area contributed by atoms with Crippen molar-refractivity contribution in [2.45, 2.75) is 6.92 Å². The fourth-order valence-corrected chi connectivity index (χ4v) is 3.33. The van der Waals surface area contributed by atoms with Crippen LogP contribution >= 0.6 is 0 Å². The lowest BCUT2D eigenvalue weighted by Gasteiger charge is -2.20. The van der Waals surface area contributed by atoms with Crippen molar-refractivity contribution in [3.63, 3.8) is 0 Å². The van der Waals surface area contributed by atoms with E-state index in [0.717, 1.165) is 22.3 Å². The van der Waals surface area contributed by atoms with Crippen molar-refractivity contribution in [3.8, 4) is 11.5 Å². The van der Waals surface area contributed by atoms with Gasteiger partial charge in [0.05, 0.1) is 26.9 Å². The summed E-state index contributed by atoms with van der Waals surface area (Å²) in [5.74, 6) is 2.84. The van der Waals surface area contributed by atoms with Crippen LogP contribution in [0.2, 0.25) is 0 Å². The molecule has 0 aromatic heterocycles. The average molecular weight is 377 g/mol. The molecular formula is C24H25O4+. The minimum Gasteiger partial charge on any atom is -0.496 e. The molecule has 0 radical (unpaired) electrons. The van der Waals surface area contributed by atoms with Crippen molar-refractivity contribution in [2.24, 2.45) is 0 Å². The Bertz CT molecular complexity index is 954. The second-order valence-electron chi connectivity index (χ2n) is 6.32. The fourth-order valence-electron chi connectivity index (χ4n) is 3.33. The van der Waals surface area contributed by atoms with E-state index in [9.17, 15) is 0 Å². The molecule has 0 fully saturated rings. The Hall–Kier alpha value is -3.27. The van der Waals surface area contributed by atoms with Gasteiger partial charge in [-0.05, 0) is 36.8 Å². The molecule has 2 aromatic rings. The van der Waals surface area contributed by atoms with Crippen LogP contribution < -0.4 is 9.47 Å².